The highest BCUT2D eigenvalue weighted by Gasteiger charge is 2.04. The van der Waals surface area contributed by atoms with E-state index in [2.05, 4.69) is 4.99 Å². The van der Waals surface area contributed by atoms with E-state index in [-0.39, 0.29) is 12.4 Å². The number of hydrogen-bond acceptors (Lipinski definition) is 2. The van der Waals surface area contributed by atoms with Crippen LogP contribution in [0.4, 0.5) is 10.1 Å². The summed E-state index contributed by atoms with van der Waals surface area (Å²) in [6, 6.07) is 17.2. The van der Waals surface area contributed by atoms with Crippen LogP contribution >= 0.6 is 23.2 Å². The standard InChI is InChI=1S/C21H16Cl2FNO/c1-14-5-7-17(22)11-20(14)25-12-15-6-8-21(19(23)10-15)26-13-16-3-2-4-18(24)9-16/h2-12H,13H2,1H3. The van der Waals surface area contributed by atoms with Crippen molar-refractivity contribution in [3.05, 3.63) is 93.2 Å². The summed E-state index contributed by atoms with van der Waals surface area (Å²) in [7, 11) is 0. The summed E-state index contributed by atoms with van der Waals surface area (Å²) in [5.74, 6) is 0.243. The van der Waals surface area contributed by atoms with Crippen LogP contribution in [0, 0.1) is 12.7 Å². The van der Waals surface area contributed by atoms with Gasteiger partial charge in [-0.1, -0.05) is 41.4 Å². The smallest absolute Gasteiger partial charge is 0.138 e. The number of ether oxygens (including phenoxy) is 1. The summed E-state index contributed by atoms with van der Waals surface area (Å²) in [5, 5.41) is 1.11. The van der Waals surface area contributed by atoms with Crippen LogP contribution in [0.1, 0.15) is 16.7 Å². The van der Waals surface area contributed by atoms with Gasteiger partial charge in [0.15, 0.2) is 0 Å². The van der Waals surface area contributed by atoms with Crippen LogP contribution in [0.15, 0.2) is 65.7 Å². The van der Waals surface area contributed by atoms with Crippen molar-refractivity contribution in [3.8, 4) is 5.75 Å². The number of rotatable bonds is 5. The van der Waals surface area contributed by atoms with Crippen LogP contribution in [-0.4, -0.2) is 6.21 Å². The third-order valence-electron chi connectivity index (χ3n) is 3.76. The quantitative estimate of drug-likeness (QED) is 0.442. The van der Waals surface area contributed by atoms with Crippen molar-refractivity contribution in [2.45, 2.75) is 13.5 Å². The van der Waals surface area contributed by atoms with Crippen molar-refractivity contribution < 1.29 is 9.13 Å². The lowest BCUT2D eigenvalue weighted by molar-refractivity contribution is 0.306. The molecule has 3 aromatic rings. The van der Waals surface area contributed by atoms with E-state index in [4.69, 9.17) is 27.9 Å². The minimum Gasteiger partial charge on any atom is -0.487 e. The van der Waals surface area contributed by atoms with Gasteiger partial charge in [0.05, 0.1) is 10.7 Å². The Morgan fingerprint density at radius 1 is 1.04 bits per heavy atom. The minimum atomic E-state index is -0.292. The first-order chi connectivity index (χ1) is 12.5. The molecular weight excluding hydrogens is 372 g/mol. The van der Waals surface area contributed by atoms with Gasteiger partial charge in [0.25, 0.3) is 0 Å². The molecule has 0 aliphatic carbocycles. The Bertz CT molecular complexity index is 956. The van der Waals surface area contributed by atoms with Crippen molar-refractivity contribution in [3.63, 3.8) is 0 Å². The molecule has 3 rings (SSSR count). The van der Waals surface area contributed by atoms with Crippen LogP contribution in [0.25, 0.3) is 0 Å². The van der Waals surface area contributed by atoms with Crippen LogP contribution in [0.2, 0.25) is 10.0 Å². The van der Waals surface area contributed by atoms with Gasteiger partial charge in [-0.3, -0.25) is 4.99 Å². The number of aliphatic imine (C=N–C) groups is 1. The third-order valence-corrected chi connectivity index (χ3v) is 4.29. The van der Waals surface area contributed by atoms with Gasteiger partial charge < -0.3 is 4.74 Å². The lowest BCUT2D eigenvalue weighted by Crippen LogP contribution is -1.97. The van der Waals surface area contributed by atoms with E-state index in [1.807, 2.05) is 31.2 Å². The molecule has 0 amide bonds. The van der Waals surface area contributed by atoms with Gasteiger partial charge in [-0.2, -0.15) is 0 Å². The highest BCUT2D eigenvalue weighted by molar-refractivity contribution is 6.32. The summed E-state index contributed by atoms with van der Waals surface area (Å²) < 4.78 is 18.9. The maximum absolute atomic E-state index is 13.2. The molecule has 0 bridgehead atoms. The second-order valence-electron chi connectivity index (χ2n) is 5.80. The molecule has 0 spiro atoms. The predicted octanol–water partition coefficient (Wildman–Crippen LogP) is 6.77. The summed E-state index contributed by atoms with van der Waals surface area (Å²) in [6.45, 7) is 2.21. The second-order valence-corrected chi connectivity index (χ2v) is 6.64. The normalized spacial score (nSPS) is 11.1. The SMILES string of the molecule is Cc1ccc(Cl)cc1N=Cc1ccc(OCc2cccc(F)c2)c(Cl)c1. The zero-order valence-electron chi connectivity index (χ0n) is 14.0. The number of halogens is 3. The van der Waals surface area contributed by atoms with Crippen molar-refractivity contribution in [2.75, 3.05) is 0 Å². The molecule has 0 radical (unpaired) electrons. The fourth-order valence-electron chi connectivity index (χ4n) is 2.37. The average molecular weight is 388 g/mol. The largest absolute Gasteiger partial charge is 0.487 e. The molecule has 132 valence electrons. The molecule has 0 aliphatic rings. The van der Waals surface area contributed by atoms with E-state index in [1.165, 1.54) is 12.1 Å². The van der Waals surface area contributed by atoms with Gasteiger partial charge >= 0.3 is 0 Å². The lowest BCUT2D eigenvalue weighted by Gasteiger charge is -2.09. The molecule has 3 aromatic carbocycles. The zero-order chi connectivity index (χ0) is 18.5. The van der Waals surface area contributed by atoms with Crippen molar-refractivity contribution >= 4 is 35.1 Å². The van der Waals surface area contributed by atoms with Gasteiger partial charge in [-0.25, -0.2) is 4.39 Å². The highest BCUT2D eigenvalue weighted by Crippen LogP contribution is 2.27. The Morgan fingerprint density at radius 3 is 2.65 bits per heavy atom. The maximum atomic E-state index is 13.2. The first-order valence-electron chi connectivity index (χ1n) is 7.98. The first-order valence-corrected chi connectivity index (χ1v) is 8.74. The Morgan fingerprint density at radius 2 is 1.88 bits per heavy atom. The van der Waals surface area contributed by atoms with E-state index >= 15 is 0 Å². The number of aryl methyl sites for hydroxylation is 1. The lowest BCUT2D eigenvalue weighted by atomic mass is 10.2. The van der Waals surface area contributed by atoms with Crippen LogP contribution in [-0.2, 0) is 6.61 Å². The number of nitrogens with zero attached hydrogens (tertiary/aromatic N) is 1. The number of hydrogen-bond donors (Lipinski definition) is 0. The molecule has 0 atom stereocenters. The maximum Gasteiger partial charge on any atom is 0.138 e. The van der Waals surface area contributed by atoms with Crippen molar-refractivity contribution in [1.82, 2.24) is 0 Å². The topological polar surface area (TPSA) is 21.6 Å². The molecular formula is C21H16Cl2FNO. The Balaban J connectivity index is 1.71. The fourth-order valence-corrected chi connectivity index (χ4v) is 2.78. The molecule has 0 saturated carbocycles. The molecule has 0 aromatic heterocycles. The van der Waals surface area contributed by atoms with Gasteiger partial charge in [-0.15, -0.1) is 0 Å². The summed E-state index contributed by atoms with van der Waals surface area (Å²) >= 11 is 12.3. The fraction of sp³-hybridized carbons (Fsp3) is 0.0952. The Hall–Kier alpha value is -2.36. The van der Waals surface area contributed by atoms with E-state index in [0.29, 0.717) is 15.8 Å². The van der Waals surface area contributed by atoms with Crippen LogP contribution in [0.3, 0.4) is 0 Å². The highest BCUT2D eigenvalue weighted by atomic mass is 35.5. The monoisotopic (exact) mass is 387 g/mol. The van der Waals surface area contributed by atoms with Gasteiger partial charge in [0, 0.05) is 11.2 Å². The Labute approximate surface area is 161 Å². The second kappa shape index (κ2) is 8.35. The number of benzene rings is 3. The van der Waals surface area contributed by atoms with E-state index in [9.17, 15) is 4.39 Å². The third kappa shape index (κ3) is 4.84. The molecule has 5 heteroatoms. The molecule has 0 aliphatic heterocycles. The van der Waals surface area contributed by atoms with E-state index in [0.717, 1.165) is 22.4 Å². The van der Waals surface area contributed by atoms with Gasteiger partial charge in [0.2, 0.25) is 0 Å². The molecule has 2 nitrogen and oxygen atoms in total. The van der Waals surface area contributed by atoms with Crippen LogP contribution in [0.5, 0.6) is 5.75 Å². The van der Waals surface area contributed by atoms with Crippen LogP contribution < -0.4 is 4.74 Å². The Kier molecular flexibility index (Phi) is 5.92. The molecule has 0 N–H and O–H groups in total. The van der Waals surface area contributed by atoms with Crippen molar-refractivity contribution in [1.29, 1.82) is 0 Å². The molecule has 0 fully saturated rings. The van der Waals surface area contributed by atoms with Gasteiger partial charge in [-0.05, 0) is 66.1 Å². The first kappa shape index (κ1) is 18.4. The summed E-state index contributed by atoms with van der Waals surface area (Å²) in [6.07, 6.45) is 1.72. The van der Waals surface area contributed by atoms with Gasteiger partial charge in [0.1, 0.15) is 18.2 Å². The summed E-state index contributed by atoms with van der Waals surface area (Å²) in [4.78, 5) is 4.46. The zero-order valence-corrected chi connectivity index (χ0v) is 15.6. The minimum absolute atomic E-state index is 0.243. The molecule has 0 saturated heterocycles. The predicted molar refractivity (Wildman–Crippen MR) is 106 cm³/mol. The van der Waals surface area contributed by atoms with E-state index in [1.54, 1.807) is 30.5 Å². The molecule has 0 unspecified atom stereocenters. The average Bonchev–Trinajstić information content (AvgIpc) is 2.62. The molecule has 26 heavy (non-hydrogen) atoms. The van der Waals surface area contributed by atoms with E-state index < -0.39 is 0 Å². The molecule has 0 heterocycles. The summed E-state index contributed by atoms with van der Waals surface area (Å²) in [5.41, 5.74) is 3.42. The van der Waals surface area contributed by atoms with Crippen molar-refractivity contribution in [2.24, 2.45) is 4.99 Å².